The van der Waals surface area contributed by atoms with E-state index in [1.54, 1.807) is 13.1 Å². The van der Waals surface area contributed by atoms with E-state index < -0.39 is 0 Å². The van der Waals surface area contributed by atoms with Gasteiger partial charge in [-0.25, -0.2) is 9.97 Å². The zero-order chi connectivity index (χ0) is 26.5. The molecule has 0 spiro atoms. The van der Waals surface area contributed by atoms with Crippen molar-refractivity contribution < 1.29 is 9.53 Å². The zero-order valence-corrected chi connectivity index (χ0v) is 27.5. The number of rotatable bonds is 8. The summed E-state index contributed by atoms with van der Waals surface area (Å²) in [6, 6.07) is 5.83. The quantitative estimate of drug-likeness (QED) is 0.264. The molecule has 0 atom stereocenters. The second-order valence-electron chi connectivity index (χ2n) is 10.3. The van der Waals surface area contributed by atoms with Crippen LogP contribution in [-0.2, 0) is 10.2 Å². The van der Waals surface area contributed by atoms with E-state index in [9.17, 15) is 4.79 Å². The number of aromatic nitrogens is 4. The van der Waals surface area contributed by atoms with Gasteiger partial charge >= 0.3 is 0 Å². The molecule has 2 aliphatic rings. The van der Waals surface area contributed by atoms with E-state index in [1.807, 2.05) is 48.0 Å². The predicted molar refractivity (Wildman–Crippen MR) is 173 cm³/mol. The summed E-state index contributed by atoms with van der Waals surface area (Å²) in [5.41, 5.74) is 0.658. The highest BCUT2D eigenvalue weighted by atomic mass is 35.5. The molecule has 2 aliphatic heterocycles. The molecule has 3 aromatic heterocycles. The highest BCUT2D eigenvalue weighted by Crippen LogP contribution is 2.38. The average molecular weight is 663 g/mol. The second-order valence-corrected chi connectivity index (χ2v) is 12.2. The molecule has 9 nitrogen and oxygen atoms in total. The predicted octanol–water partition coefficient (Wildman–Crippen LogP) is 6.43. The average Bonchev–Trinajstić information content (AvgIpc) is 3.40. The monoisotopic (exact) mass is 661 g/mol. The van der Waals surface area contributed by atoms with Gasteiger partial charge in [-0.2, -0.15) is 4.37 Å². The van der Waals surface area contributed by atoms with E-state index in [1.165, 1.54) is 24.4 Å². The molecular weight excluding hydrogens is 625 g/mol. The first-order chi connectivity index (χ1) is 18.4. The van der Waals surface area contributed by atoms with Gasteiger partial charge in [0.1, 0.15) is 5.75 Å². The number of likely N-dealkylation sites (tertiary alicyclic amines) is 1. The van der Waals surface area contributed by atoms with E-state index in [0.717, 1.165) is 61.2 Å². The number of piperidine rings is 2. The van der Waals surface area contributed by atoms with Crippen molar-refractivity contribution in [1.29, 1.82) is 0 Å². The van der Waals surface area contributed by atoms with Gasteiger partial charge < -0.3 is 20.3 Å². The first kappa shape index (κ1) is 35.3. The Kier molecular flexibility index (Phi) is 13.9. The number of pyridine rings is 2. The Hall–Kier alpha value is -1.89. The largest absolute Gasteiger partial charge is 0.452 e. The number of nitrogens with one attached hydrogen (secondary N) is 2. The van der Waals surface area contributed by atoms with Gasteiger partial charge in [-0.3, -0.25) is 9.78 Å². The Bertz CT molecular complexity index is 1270. The van der Waals surface area contributed by atoms with Crippen LogP contribution < -0.4 is 15.4 Å². The number of hydrogen-bond donors (Lipinski definition) is 2. The van der Waals surface area contributed by atoms with Crippen LogP contribution >= 0.6 is 60.5 Å². The molecule has 0 radical (unpaired) electrons. The molecule has 0 bridgehead atoms. The molecule has 2 N–H and O–H groups in total. The van der Waals surface area contributed by atoms with Gasteiger partial charge in [0.25, 0.3) is 0 Å². The summed E-state index contributed by atoms with van der Waals surface area (Å²) in [4.78, 5) is 28.6. The molecule has 3 aromatic rings. The Balaban J connectivity index is 0.00000196. The highest BCUT2D eigenvalue weighted by Gasteiger charge is 2.36. The number of carbonyl (C=O) groups excluding carboxylic acids is 1. The molecule has 0 aromatic carbocycles. The lowest BCUT2D eigenvalue weighted by molar-refractivity contribution is -0.130. The van der Waals surface area contributed by atoms with E-state index >= 15 is 0 Å². The third kappa shape index (κ3) is 9.05. The minimum atomic E-state index is -0.156. The minimum absolute atomic E-state index is 0. The minimum Gasteiger partial charge on any atom is -0.452 e. The third-order valence-corrected chi connectivity index (χ3v) is 9.28. The fourth-order valence-corrected chi connectivity index (χ4v) is 6.58. The molecule has 2 fully saturated rings. The fraction of sp³-hybridized carbons (Fsp3) is 0.519. The van der Waals surface area contributed by atoms with Gasteiger partial charge in [0.05, 0.1) is 5.69 Å². The molecule has 1 amide bonds. The molecule has 5 heterocycles. The summed E-state index contributed by atoms with van der Waals surface area (Å²) in [5.74, 6) is 4.65. The van der Waals surface area contributed by atoms with Crippen molar-refractivity contribution in [2.75, 3.05) is 37.2 Å². The van der Waals surface area contributed by atoms with Gasteiger partial charge in [-0.05, 0) is 69.8 Å². The van der Waals surface area contributed by atoms with Crippen LogP contribution in [0, 0.1) is 12.8 Å². The van der Waals surface area contributed by atoms with Crippen LogP contribution in [-0.4, -0.2) is 62.1 Å². The van der Waals surface area contributed by atoms with Crippen LogP contribution in [0.2, 0.25) is 0 Å². The maximum Gasteiger partial charge on any atom is 0.219 e. The van der Waals surface area contributed by atoms with Crippen molar-refractivity contribution in [3.8, 4) is 11.5 Å². The molecule has 0 unspecified atom stereocenters. The topological polar surface area (TPSA) is 105 Å². The third-order valence-electron chi connectivity index (χ3n) is 7.45. The van der Waals surface area contributed by atoms with Crippen LogP contribution in [0.4, 0.5) is 10.9 Å². The van der Waals surface area contributed by atoms with Crippen LogP contribution in [0.25, 0.3) is 0 Å². The zero-order valence-electron chi connectivity index (χ0n) is 23.4. The Morgan fingerprint density at radius 2 is 1.93 bits per heavy atom. The lowest BCUT2D eigenvalue weighted by atomic mass is 9.79. The normalized spacial score (nSPS) is 16.5. The summed E-state index contributed by atoms with van der Waals surface area (Å²) >= 11 is 3.15. The molecular formula is C27H38Cl3N7O2S2. The summed E-state index contributed by atoms with van der Waals surface area (Å²) < 4.78 is 11.0. The van der Waals surface area contributed by atoms with Crippen molar-refractivity contribution >= 4 is 77.4 Å². The number of aryl methyl sites for hydroxylation is 1. The van der Waals surface area contributed by atoms with Crippen LogP contribution in [0.5, 0.6) is 11.5 Å². The van der Waals surface area contributed by atoms with Crippen LogP contribution in [0.15, 0.2) is 35.5 Å². The lowest BCUT2D eigenvalue weighted by Crippen LogP contribution is -2.43. The van der Waals surface area contributed by atoms with Crippen molar-refractivity contribution in [2.45, 2.75) is 56.8 Å². The summed E-state index contributed by atoms with van der Waals surface area (Å²) in [6.45, 7) is 9.40. The summed E-state index contributed by atoms with van der Waals surface area (Å²) in [7, 11) is 0. The Morgan fingerprint density at radius 3 is 2.61 bits per heavy atom. The standard InChI is InChI=1S/C27H35N7O2S2.3ClH/c1-18-22(5-4-10-29-18)36-23-15-21(37-17-20-6-11-28-12-7-20)16-30-24(23)31-26-32-25(33-38-26)27(3)8-13-34(14-9-27)19(2)35;;;/h4-5,10,15-16,20,28H,6-9,11-14,17H2,1-3H3,(H,30,31,32,33);3*1H. The number of hydrogen-bond acceptors (Lipinski definition) is 10. The molecule has 226 valence electrons. The first-order valence-corrected chi connectivity index (χ1v) is 15.0. The molecule has 0 aliphatic carbocycles. The summed E-state index contributed by atoms with van der Waals surface area (Å²) in [6.07, 6.45) is 7.77. The Morgan fingerprint density at radius 1 is 1.20 bits per heavy atom. The number of ether oxygens (including phenoxy) is 1. The van der Waals surface area contributed by atoms with Gasteiger partial charge in [0, 0.05) is 60.0 Å². The number of halogens is 3. The van der Waals surface area contributed by atoms with Crippen LogP contribution in [0.1, 0.15) is 51.0 Å². The van der Waals surface area contributed by atoms with E-state index in [2.05, 4.69) is 26.9 Å². The molecule has 2 saturated heterocycles. The van der Waals surface area contributed by atoms with Gasteiger partial charge in [-0.1, -0.05) is 6.92 Å². The van der Waals surface area contributed by atoms with E-state index in [4.69, 9.17) is 14.7 Å². The lowest BCUT2D eigenvalue weighted by Gasteiger charge is -2.37. The smallest absolute Gasteiger partial charge is 0.219 e. The van der Waals surface area contributed by atoms with E-state index in [-0.39, 0.29) is 48.5 Å². The van der Waals surface area contributed by atoms with Crippen LogP contribution in [0.3, 0.4) is 0 Å². The molecule has 14 heteroatoms. The maximum absolute atomic E-state index is 11.7. The van der Waals surface area contributed by atoms with Crippen molar-refractivity contribution in [3.05, 3.63) is 42.1 Å². The fourth-order valence-electron chi connectivity index (χ4n) is 4.79. The van der Waals surface area contributed by atoms with Gasteiger partial charge in [0.2, 0.25) is 11.0 Å². The van der Waals surface area contributed by atoms with Crippen molar-refractivity contribution in [2.24, 2.45) is 5.92 Å². The van der Waals surface area contributed by atoms with E-state index in [0.29, 0.717) is 28.4 Å². The first-order valence-electron chi connectivity index (χ1n) is 13.2. The number of thioether (sulfide) groups is 1. The number of anilines is 2. The van der Waals surface area contributed by atoms with Gasteiger partial charge in [-0.15, -0.1) is 49.0 Å². The number of amides is 1. The molecule has 0 saturated carbocycles. The second kappa shape index (κ2) is 16.1. The van der Waals surface area contributed by atoms with Gasteiger partial charge in [0.15, 0.2) is 17.4 Å². The van der Waals surface area contributed by atoms with Crippen molar-refractivity contribution in [1.82, 2.24) is 29.5 Å². The summed E-state index contributed by atoms with van der Waals surface area (Å²) in [5, 5.41) is 7.46. The van der Waals surface area contributed by atoms with Crippen molar-refractivity contribution in [3.63, 3.8) is 0 Å². The maximum atomic E-state index is 11.7. The number of carbonyl (C=O) groups is 1. The number of nitrogens with zero attached hydrogens (tertiary/aromatic N) is 5. The molecule has 41 heavy (non-hydrogen) atoms. The Labute approximate surface area is 268 Å². The SMILES string of the molecule is CC(=O)N1CCC(C)(c2nsc(Nc3ncc(SCC4CCNCC4)cc3Oc3cccnc3C)n2)CC1.Cl.Cl.Cl. The highest BCUT2D eigenvalue weighted by molar-refractivity contribution is 7.99. The molecule has 5 rings (SSSR count).